The highest BCUT2D eigenvalue weighted by molar-refractivity contribution is 8.00. The topological polar surface area (TPSA) is 63.1 Å². The van der Waals surface area contributed by atoms with Crippen molar-refractivity contribution in [2.24, 2.45) is 0 Å². The number of benzene rings is 3. The highest BCUT2D eigenvalue weighted by Gasteiger charge is 2.13. The minimum atomic E-state index is -0.536. The van der Waals surface area contributed by atoms with Gasteiger partial charge in [-0.05, 0) is 48.7 Å². The predicted molar refractivity (Wildman–Crippen MR) is 145 cm³/mol. The molecule has 0 saturated heterocycles. The molecule has 36 heavy (non-hydrogen) atoms. The number of anilines is 1. The van der Waals surface area contributed by atoms with Crippen molar-refractivity contribution < 1.29 is 14.0 Å². The SMILES string of the molecule is CCCCc1ccc(NC(=O)CSc2cn(CCNC(=O)c3ccccc3F)c3ccccc23)cc1. The molecule has 2 N–H and O–H groups in total. The van der Waals surface area contributed by atoms with E-state index in [0.29, 0.717) is 13.1 Å². The van der Waals surface area contributed by atoms with Crippen molar-refractivity contribution >= 4 is 40.2 Å². The number of hydrogen-bond donors (Lipinski definition) is 2. The van der Waals surface area contributed by atoms with Crippen LogP contribution in [0.5, 0.6) is 0 Å². The number of para-hydroxylation sites is 1. The summed E-state index contributed by atoms with van der Waals surface area (Å²) in [7, 11) is 0. The van der Waals surface area contributed by atoms with Gasteiger partial charge in [0.25, 0.3) is 5.91 Å². The smallest absolute Gasteiger partial charge is 0.254 e. The van der Waals surface area contributed by atoms with Crippen LogP contribution >= 0.6 is 11.8 Å². The molecule has 0 aliphatic heterocycles. The quantitative estimate of drug-likeness (QED) is 0.237. The number of carbonyl (C=O) groups excluding carboxylic acids is 2. The molecular formula is C29H30FN3O2S. The van der Waals surface area contributed by atoms with Crippen LogP contribution in [0.1, 0.15) is 35.7 Å². The molecule has 4 aromatic rings. The molecule has 7 heteroatoms. The van der Waals surface area contributed by atoms with Gasteiger partial charge in [-0.15, -0.1) is 11.8 Å². The van der Waals surface area contributed by atoms with Crippen LogP contribution in [0.15, 0.2) is 83.9 Å². The van der Waals surface area contributed by atoms with E-state index < -0.39 is 11.7 Å². The van der Waals surface area contributed by atoms with Gasteiger partial charge in [-0.3, -0.25) is 9.59 Å². The Hall–Kier alpha value is -3.58. The molecule has 1 aromatic heterocycles. The molecule has 0 spiro atoms. The largest absolute Gasteiger partial charge is 0.350 e. The van der Waals surface area contributed by atoms with Crippen molar-refractivity contribution in [1.82, 2.24) is 9.88 Å². The maximum Gasteiger partial charge on any atom is 0.254 e. The van der Waals surface area contributed by atoms with Crippen LogP contribution in [0.3, 0.4) is 0 Å². The number of nitrogens with one attached hydrogen (secondary N) is 2. The normalized spacial score (nSPS) is 10.9. The summed E-state index contributed by atoms with van der Waals surface area (Å²) < 4.78 is 15.9. The lowest BCUT2D eigenvalue weighted by Crippen LogP contribution is -2.27. The number of thioether (sulfide) groups is 1. The lowest BCUT2D eigenvalue weighted by Gasteiger charge is -2.08. The van der Waals surface area contributed by atoms with Crippen molar-refractivity contribution in [3.63, 3.8) is 0 Å². The Labute approximate surface area is 215 Å². The van der Waals surface area contributed by atoms with Crippen LogP contribution in [0, 0.1) is 5.82 Å². The Morgan fingerprint density at radius 3 is 2.50 bits per heavy atom. The standard InChI is InChI=1S/C29H30FN3O2S/c1-2-3-8-21-13-15-22(16-14-21)32-28(34)20-36-27-19-33(26-12-7-5-10-24(26)27)18-17-31-29(35)23-9-4-6-11-25(23)30/h4-7,9-16,19H,2-3,8,17-18,20H2,1H3,(H,31,35)(H,32,34). The van der Waals surface area contributed by atoms with Gasteiger partial charge in [0.2, 0.25) is 5.91 Å². The number of carbonyl (C=O) groups is 2. The number of unbranched alkanes of at least 4 members (excludes halogenated alkanes) is 1. The van der Waals surface area contributed by atoms with Gasteiger partial charge in [0, 0.05) is 40.8 Å². The summed E-state index contributed by atoms with van der Waals surface area (Å²) in [5, 5.41) is 6.81. The van der Waals surface area contributed by atoms with E-state index in [1.54, 1.807) is 12.1 Å². The number of aryl methyl sites for hydroxylation is 1. The lowest BCUT2D eigenvalue weighted by molar-refractivity contribution is -0.113. The number of rotatable bonds is 11. The first-order valence-electron chi connectivity index (χ1n) is 12.2. The number of nitrogens with zero attached hydrogens (tertiary/aromatic N) is 1. The molecule has 0 fully saturated rings. The summed E-state index contributed by atoms with van der Waals surface area (Å²) in [6.45, 7) is 3.05. The number of fused-ring (bicyclic) bond motifs is 1. The Kier molecular flexibility index (Phi) is 8.79. The van der Waals surface area contributed by atoms with Crippen molar-refractivity contribution in [3.05, 3.63) is 95.9 Å². The number of hydrogen-bond acceptors (Lipinski definition) is 3. The summed E-state index contributed by atoms with van der Waals surface area (Å²) in [5.41, 5.74) is 3.13. The average molecular weight is 504 g/mol. The Balaban J connectivity index is 1.34. The summed E-state index contributed by atoms with van der Waals surface area (Å²) in [6.07, 6.45) is 5.38. The Morgan fingerprint density at radius 1 is 0.972 bits per heavy atom. The first-order chi connectivity index (χ1) is 17.5. The maximum absolute atomic E-state index is 13.9. The van der Waals surface area contributed by atoms with Crippen LogP contribution in [-0.2, 0) is 17.8 Å². The zero-order chi connectivity index (χ0) is 25.3. The maximum atomic E-state index is 13.9. The Morgan fingerprint density at radius 2 is 1.72 bits per heavy atom. The third-order valence-corrected chi connectivity index (χ3v) is 6.97. The molecule has 0 unspecified atom stereocenters. The second-order valence-electron chi connectivity index (χ2n) is 8.58. The van der Waals surface area contributed by atoms with Gasteiger partial charge >= 0.3 is 0 Å². The van der Waals surface area contributed by atoms with Crippen LogP contribution in [0.4, 0.5) is 10.1 Å². The van der Waals surface area contributed by atoms with E-state index in [1.807, 2.05) is 47.2 Å². The molecule has 3 aromatic carbocycles. The molecule has 0 aliphatic carbocycles. The number of halogens is 1. The van der Waals surface area contributed by atoms with Gasteiger partial charge in [-0.1, -0.05) is 55.8 Å². The molecule has 4 rings (SSSR count). The molecule has 0 bridgehead atoms. The molecule has 1 heterocycles. The number of amides is 2. The Bertz CT molecular complexity index is 1330. The van der Waals surface area contributed by atoms with Gasteiger partial charge < -0.3 is 15.2 Å². The fraction of sp³-hybridized carbons (Fsp3) is 0.241. The fourth-order valence-electron chi connectivity index (χ4n) is 4.02. The molecule has 0 atom stereocenters. The molecule has 0 aliphatic rings. The summed E-state index contributed by atoms with van der Waals surface area (Å²) in [5.74, 6) is -0.745. The van der Waals surface area contributed by atoms with E-state index in [1.165, 1.54) is 29.5 Å². The third-order valence-electron chi connectivity index (χ3n) is 5.92. The van der Waals surface area contributed by atoms with Crippen molar-refractivity contribution in [1.29, 1.82) is 0 Å². The second-order valence-corrected chi connectivity index (χ2v) is 9.59. The minimum Gasteiger partial charge on any atom is -0.350 e. The highest BCUT2D eigenvalue weighted by Crippen LogP contribution is 2.30. The molecule has 2 amide bonds. The van der Waals surface area contributed by atoms with Crippen LogP contribution in [-0.4, -0.2) is 28.7 Å². The zero-order valence-electron chi connectivity index (χ0n) is 20.3. The van der Waals surface area contributed by atoms with E-state index >= 15 is 0 Å². The highest BCUT2D eigenvalue weighted by atomic mass is 32.2. The zero-order valence-corrected chi connectivity index (χ0v) is 21.1. The van der Waals surface area contributed by atoms with Crippen LogP contribution in [0.2, 0.25) is 0 Å². The molecule has 0 saturated carbocycles. The third kappa shape index (κ3) is 6.55. The van der Waals surface area contributed by atoms with Crippen molar-refractivity contribution in [2.45, 2.75) is 37.6 Å². The van der Waals surface area contributed by atoms with Gasteiger partial charge in [-0.25, -0.2) is 4.39 Å². The second kappa shape index (κ2) is 12.4. The van der Waals surface area contributed by atoms with E-state index in [4.69, 9.17) is 0 Å². The van der Waals surface area contributed by atoms with Gasteiger partial charge in [0.15, 0.2) is 0 Å². The minimum absolute atomic E-state index is 0.0349. The van der Waals surface area contributed by atoms with Crippen LogP contribution in [0.25, 0.3) is 10.9 Å². The van der Waals surface area contributed by atoms with E-state index in [0.717, 1.165) is 40.7 Å². The monoisotopic (exact) mass is 503 g/mol. The number of aromatic nitrogens is 1. The summed E-state index contributed by atoms with van der Waals surface area (Å²) in [4.78, 5) is 25.9. The molecular weight excluding hydrogens is 473 g/mol. The summed E-state index contributed by atoms with van der Waals surface area (Å²) in [6, 6.07) is 21.9. The first-order valence-corrected chi connectivity index (χ1v) is 13.2. The van der Waals surface area contributed by atoms with Gasteiger partial charge in [0.05, 0.1) is 11.3 Å². The molecule has 0 radical (unpaired) electrons. The van der Waals surface area contributed by atoms with Crippen molar-refractivity contribution in [3.8, 4) is 0 Å². The summed E-state index contributed by atoms with van der Waals surface area (Å²) >= 11 is 1.48. The van der Waals surface area contributed by atoms with Crippen molar-refractivity contribution in [2.75, 3.05) is 17.6 Å². The first kappa shape index (κ1) is 25.5. The van der Waals surface area contributed by atoms with Gasteiger partial charge in [0.1, 0.15) is 5.82 Å². The lowest BCUT2D eigenvalue weighted by atomic mass is 10.1. The molecule has 5 nitrogen and oxygen atoms in total. The van der Waals surface area contributed by atoms with Gasteiger partial charge in [-0.2, -0.15) is 0 Å². The van der Waals surface area contributed by atoms with Crippen LogP contribution < -0.4 is 10.6 Å². The molecule has 186 valence electrons. The van der Waals surface area contributed by atoms with E-state index in [2.05, 4.69) is 29.7 Å². The fourth-order valence-corrected chi connectivity index (χ4v) is 4.91. The van der Waals surface area contributed by atoms with E-state index in [-0.39, 0.29) is 17.2 Å². The predicted octanol–water partition coefficient (Wildman–Crippen LogP) is 6.28. The van der Waals surface area contributed by atoms with E-state index in [9.17, 15) is 14.0 Å². The average Bonchev–Trinajstić information content (AvgIpc) is 3.25.